The van der Waals surface area contributed by atoms with Gasteiger partial charge in [-0.05, 0) is 5.56 Å². The Bertz CT molecular complexity index is 462. The maximum atomic E-state index is 10.8. The number of rotatable bonds is 3. The van der Waals surface area contributed by atoms with Crippen molar-refractivity contribution in [2.45, 2.75) is 6.42 Å². The van der Waals surface area contributed by atoms with Gasteiger partial charge >= 0.3 is 5.97 Å². The summed E-state index contributed by atoms with van der Waals surface area (Å²) in [7, 11) is 0. The summed E-state index contributed by atoms with van der Waals surface area (Å²) in [4.78, 5) is 10.8. The second-order valence-electron chi connectivity index (χ2n) is 3.13. The molecule has 2 rings (SSSR count). The highest BCUT2D eigenvalue weighted by Crippen LogP contribution is 2.13. The monoisotopic (exact) mass is 203 g/mol. The number of aromatic carboxylic acids is 1. The third kappa shape index (κ3) is 2.04. The van der Waals surface area contributed by atoms with Crippen LogP contribution in [0, 0.1) is 0 Å². The van der Waals surface area contributed by atoms with Gasteiger partial charge in [0.25, 0.3) is 0 Å². The van der Waals surface area contributed by atoms with Crippen LogP contribution in [0.2, 0.25) is 0 Å². The van der Waals surface area contributed by atoms with Gasteiger partial charge in [0.2, 0.25) is 0 Å². The summed E-state index contributed by atoms with van der Waals surface area (Å²) < 4.78 is 4.90. The molecule has 2 aromatic rings. The molecule has 0 aliphatic heterocycles. The van der Waals surface area contributed by atoms with E-state index in [1.165, 1.54) is 6.20 Å². The normalized spacial score (nSPS) is 10.1. The molecule has 76 valence electrons. The molecule has 0 unspecified atom stereocenters. The van der Waals surface area contributed by atoms with Gasteiger partial charge in [-0.25, -0.2) is 4.79 Å². The molecule has 0 bridgehead atoms. The molecule has 1 N–H and O–H groups in total. The van der Waals surface area contributed by atoms with Crippen molar-refractivity contribution in [1.29, 1.82) is 0 Å². The van der Waals surface area contributed by atoms with Crippen LogP contribution >= 0.6 is 0 Å². The zero-order valence-electron chi connectivity index (χ0n) is 7.88. The maximum absolute atomic E-state index is 10.8. The molecule has 0 atom stereocenters. The average Bonchev–Trinajstić information content (AvgIpc) is 2.67. The molecule has 0 saturated carbocycles. The molecule has 0 aliphatic rings. The topological polar surface area (TPSA) is 63.3 Å². The Morgan fingerprint density at radius 3 is 2.73 bits per heavy atom. The van der Waals surface area contributed by atoms with Gasteiger partial charge in [0.15, 0.2) is 5.76 Å². The predicted molar refractivity (Wildman–Crippen MR) is 52.7 cm³/mol. The minimum atomic E-state index is -1.01. The van der Waals surface area contributed by atoms with E-state index in [0.717, 1.165) is 5.56 Å². The van der Waals surface area contributed by atoms with Gasteiger partial charge in [-0.1, -0.05) is 35.5 Å². The Kier molecular flexibility index (Phi) is 2.49. The molecular formula is C11H9NO3. The van der Waals surface area contributed by atoms with Crippen LogP contribution in [-0.2, 0) is 6.42 Å². The zero-order valence-corrected chi connectivity index (χ0v) is 7.88. The SMILES string of the molecule is O=C(O)c1cnoc1Cc1ccccc1. The smallest absolute Gasteiger partial charge is 0.340 e. The quantitative estimate of drug-likeness (QED) is 0.828. The predicted octanol–water partition coefficient (Wildman–Crippen LogP) is 1.96. The van der Waals surface area contributed by atoms with Gasteiger partial charge in [-0.15, -0.1) is 0 Å². The fraction of sp³-hybridized carbons (Fsp3) is 0.0909. The van der Waals surface area contributed by atoms with Gasteiger partial charge in [0.05, 0.1) is 6.20 Å². The van der Waals surface area contributed by atoms with Crippen molar-refractivity contribution < 1.29 is 14.4 Å². The number of hydrogen-bond donors (Lipinski definition) is 1. The molecule has 0 saturated heterocycles. The van der Waals surface area contributed by atoms with Gasteiger partial charge in [0, 0.05) is 6.42 Å². The van der Waals surface area contributed by atoms with Crippen LogP contribution in [0.15, 0.2) is 41.1 Å². The molecule has 4 heteroatoms. The van der Waals surface area contributed by atoms with Crippen molar-refractivity contribution >= 4 is 5.97 Å². The van der Waals surface area contributed by atoms with Gasteiger partial charge in [-0.2, -0.15) is 0 Å². The third-order valence-electron chi connectivity index (χ3n) is 2.08. The number of carboxylic acid groups (broad SMARTS) is 1. The highest BCUT2D eigenvalue weighted by molar-refractivity contribution is 5.88. The van der Waals surface area contributed by atoms with Crippen molar-refractivity contribution in [1.82, 2.24) is 5.16 Å². The molecule has 0 fully saturated rings. The first-order valence-corrected chi connectivity index (χ1v) is 4.48. The highest BCUT2D eigenvalue weighted by atomic mass is 16.5. The lowest BCUT2D eigenvalue weighted by Gasteiger charge is -1.97. The number of carbonyl (C=O) groups is 1. The van der Waals surface area contributed by atoms with Crippen molar-refractivity contribution in [3.63, 3.8) is 0 Å². The van der Waals surface area contributed by atoms with E-state index in [-0.39, 0.29) is 5.56 Å². The minimum Gasteiger partial charge on any atom is -0.478 e. The van der Waals surface area contributed by atoms with Crippen LogP contribution in [0.25, 0.3) is 0 Å². The second-order valence-corrected chi connectivity index (χ2v) is 3.13. The highest BCUT2D eigenvalue weighted by Gasteiger charge is 2.14. The molecule has 0 amide bonds. The average molecular weight is 203 g/mol. The number of aromatic nitrogens is 1. The summed E-state index contributed by atoms with van der Waals surface area (Å²) >= 11 is 0. The van der Waals surface area contributed by atoms with Gasteiger partial charge < -0.3 is 9.63 Å². The molecule has 1 aromatic heterocycles. The van der Waals surface area contributed by atoms with Crippen molar-refractivity contribution in [2.75, 3.05) is 0 Å². The number of nitrogens with zero attached hydrogens (tertiary/aromatic N) is 1. The summed E-state index contributed by atoms with van der Waals surface area (Å²) in [5.74, 6) is -0.629. The van der Waals surface area contributed by atoms with Crippen molar-refractivity contribution in [2.24, 2.45) is 0 Å². The summed E-state index contributed by atoms with van der Waals surface area (Å²) in [6.45, 7) is 0. The molecule has 1 heterocycles. The Balaban J connectivity index is 2.25. The van der Waals surface area contributed by atoms with Crippen LogP contribution in [0.5, 0.6) is 0 Å². The van der Waals surface area contributed by atoms with Crippen LogP contribution < -0.4 is 0 Å². The minimum absolute atomic E-state index is 0.124. The van der Waals surface area contributed by atoms with E-state index >= 15 is 0 Å². The first-order valence-electron chi connectivity index (χ1n) is 4.48. The summed E-state index contributed by atoms with van der Waals surface area (Å²) in [5, 5.41) is 12.3. The Morgan fingerprint density at radius 1 is 1.33 bits per heavy atom. The van der Waals surface area contributed by atoms with Crippen LogP contribution in [0.3, 0.4) is 0 Å². The van der Waals surface area contributed by atoms with Crippen LogP contribution in [0.4, 0.5) is 0 Å². The lowest BCUT2D eigenvalue weighted by molar-refractivity contribution is 0.0694. The number of hydrogen-bond acceptors (Lipinski definition) is 3. The molecular weight excluding hydrogens is 194 g/mol. The fourth-order valence-electron chi connectivity index (χ4n) is 1.35. The van der Waals surface area contributed by atoms with E-state index in [9.17, 15) is 4.79 Å². The Hall–Kier alpha value is -2.10. The maximum Gasteiger partial charge on any atom is 0.340 e. The summed E-state index contributed by atoms with van der Waals surface area (Å²) in [6, 6.07) is 9.52. The molecule has 0 radical (unpaired) electrons. The van der Waals surface area contributed by atoms with Crippen molar-refractivity contribution in [3.8, 4) is 0 Å². The molecule has 0 spiro atoms. The number of benzene rings is 1. The van der Waals surface area contributed by atoms with E-state index < -0.39 is 5.97 Å². The Labute approximate surface area is 86.1 Å². The van der Waals surface area contributed by atoms with E-state index in [1.807, 2.05) is 30.3 Å². The summed E-state index contributed by atoms with van der Waals surface area (Å²) in [5.41, 5.74) is 1.12. The zero-order chi connectivity index (χ0) is 10.7. The van der Waals surface area contributed by atoms with E-state index in [0.29, 0.717) is 12.2 Å². The molecule has 4 nitrogen and oxygen atoms in total. The van der Waals surface area contributed by atoms with Crippen LogP contribution in [-0.4, -0.2) is 16.2 Å². The third-order valence-corrected chi connectivity index (χ3v) is 2.08. The molecule has 1 aromatic carbocycles. The van der Waals surface area contributed by atoms with E-state index in [2.05, 4.69) is 5.16 Å². The Morgan fingerprint density at radius 2 is 2.07 bits per heavy atom. The summed E-state index contributed by atoms with van der Waals surface area (Å²) in [6.07, 6.45) is 1.67. The largest absolute Gasteiger partial charge is 0.478 e. The molecule has 15 heavy (non-hydrogen) atoms. The standard InChI is InChI=1S/C11H9NO3/c13-11(14)9-7-12-15-10(9)6-8-4-2-1-3-5-8/h1-5,7H,6H2,(H,13,14). The lowest BCUT2D eigenvalue weighted by Crippen LogP contribution is -1.99. The fourth-order valence-corrected chi connectivity index (χ4v) is 1.35. The van der Waals surface area contributed by atoms with Gasteiger partial charge in [0.1, 0.15) is 5.56 Å². The first-order chi connectivity index (χ1) is 7.27. The second kappa shape index (κ2) is 3.96. The lowest BCUT2D eigenvalue weighted by atomic mass is 10.1. The van der Waals surface area contributed by atoms with Crippen molar-refractivity contribution in [3.05, 3.63) is 53.4 Å². The first kappa shape index (κ1) is 9.45. The van der Waals surface area contributed by atoms with Gasteiger partial charge in [-0.3, -0.25) is 0 Å². The van der Waals surface area contributed by atoms with Crippen LogP contribution in [0.1, 0.15) is 21.7 Å². The number of carboxylic acids is 1. The van der Waals surface area contributed by atoms with E-state index in [1.54, 1.807) is 0 Å². The molecule has 0 aliphatic carbocycles. The van der Waals surface area contributed by atoms with E-state index in [4.69, 9.17) is 9.63 Å².